The molecule has 0 aromatic carbocycles. The predicted molar refractivity (Wildman–Crippen MR) is 76.1 cm³/mol. The Labute approximate surface area is 115 Å². The van der Waals surface area contributed by atoms with Gasteiger partial charge in [0.2, 0.25) is 0 Å². The van der Waals surface area contributed by atoms with Crippen molar-refractivity contribution in [2.45, 2.75) is 51.2 Å². The van der Waals surface area contributed by atoms with Crippen LogP contribution in [0.15, 0.2) is 4.99 Å². The van der Waals surface area contributed by atoms with Crippen molar-refractivity contribution in [3.63, 3.8) is 0 Å². The molecule has 3 N–H and O–H groups in total. The number of rotatable bonds is 4. The summed E-state index contributed by atoms with van der Waals surface area (Å²) >= 11 is 0. The van der Waals surface area contributed by atoms with Crippen LogP contribution in [0.5, 0.6) is 0 Å². The summed E-state index contributed by atoms with van der Waals surface area (Å²) in [7, 11) is 0. The topological polar surface area (TPSA) is 71.1 Å². The minimum absolute atomic E-state index is 0.197. The van der Waals surface area contributed by atoms with Crippen LogP contribution in [-0.4, -0.2) is 53.9 Å². The van der Waals surface area contributed by atoms with Crippen LogP contribution in [0, 0.1) is 5.92 Å². The molecule has 5 nitrogen and oxygen atoms in total. The van der Waals surface area contributed by atoms with Crippen LogP contribution >= 0.6 is 0 Å². The zero-order valence-corrected chi connectivity index (χ0v) is 12.1. The summed E-state index contributed by atoms with van der Waals surface area (Å²) in [5.41, 5.74) is 5.31. The van der Waals surface area contributed by atoms with Crippen LogP contribution in [0.25, 0.3) is 0 Å². The molecule has 0 aromatic heterocycles. The third-order valence-electron chi connectivity index (χ3n) is 4.26. The molecule has 1 heterocycles. The third kappa shape index (κ3) is 3.83. The molecule has 1 aliphatic carbocycles. The summed E-state index contributed by atoms with van der Waals surface area (Å²) in [6, 6.07) is 0. The molecule has 0 atom stereocenters. The number of hydrogen-bond donors (Lipinski definition) is 2. The predicted octanol–water partition coefficient (Wildman–Crippen LogP) is 0.963. The van der Waals surface area contributed by atoms with Crippen LogP contribution in [0.4, 0.5) is 0 Å². The van der Waals surface area contributed by atoms with Gasteiger partial charge in [-0.3, -0.25) is 4.99 Å². The number of hydrogen-bond acceptors (Lipinski definition) is 3. The molecule has 0 spiro atoms. The zero-order valence-electron chi connectivity index (χ0n) is 12.1. The number of guanidine groups is 1. The average molecular weight is 269 g/mol. The molecule has 0 bridgehead atoms. The molecule has 1 aliphatic heterocycles. The van der Waals surface area contributed by atoms with Crippen LogP contribution < -0.4 is 5.73 Å². The van der Waals surface area contributed by atoms with Crippen molar-refractivity contribution in [2.75, 3.05) is 26.2 Å². The van der Waals surface area contributed by atoms with Gasteiger partial charge in [0.15, 0.2) is 5.96 Å². The van der Waals surface area contributed by atoms with E-state index < -0.39 is 5.60 Å². The molecule has 1 saturated carbocycles. The van der Waals surface area contributed by atoms with E-state index in [1.165, 1.54) is 12.8 Å². The van der Waals surface area contributed by atoms with Gasteiger partial charge >= 0.3 is 0 Å². The van der Waals surface area contributed by atoms with Crippen molar-refractivity contribution >= 4 is 5.96 Å². The number of ether oxygens (including phenoxy) is 1. The first-order chi connectivity index (χ1) is 9.02. The Balaban J connectivity index is 1.76. The monoisotopic (exact) mass is 269 g/mol. The highest BCUT2D eigenvalue weighted by Gasteiger charge is 2.43. The van der Waals surface area contributed by atoms with Crippen molar-refractivity contribution in [1.29, 1.82) is 0 Å². The van der Waals surface area contributed by atoms with E-state index in [1.807, 2.05) is 6.92 Å². The Bertz CT molecular complexity index is 319. The summed E-state index contributed by atoms with van der Waals surface area (Å²) in [5.74, 6) is 1.37. The van der Waals surface area contributed by atoms with Crippen molar-refractivity contribution < 1.29 is 9.84 Å². The van der Waals surface area contributed by atoms with Gasteiger partial charge in [-0.15, -0.1) is 0 Å². The van der Waals surface area contributed by atoms with Gasteiger partial charge < -0.3 is 20.5 Å². The Hall–Kier alpha value is -0.810. The van der Waals surface area contributed by atoms with Gasteiger partial charge in [0.25, 0.3) is 0 Å². The van der Waals surface area contributed by atoms with Gasteiger partial charge in [-0.1, -0.05) is 6.92 Å². The lowest BCUT2D eigenvalue weighted by Gasteiger charge is -2.42. The molecular formula is C14H27N3O2. The summed E-state index contributed by atoms with van der Waals surface area (Å²) in [5, 5.41) is 10.2. The van der Waals surface area contributed by atoms with Crippen LogP contribution in [0.3, 0.4) is 0 Å². The second kappa shape index (κ2) is 6.09. The Kier molecular flexibility index (Phi) is 4.68. The third-order valence-corrected chi connectivity index (χ3v) is 4.26. The highest BCUT2D eigenvalue weighted by molar-refractivity contribution is 5.78. The molecule has 0 radical (unpaired) electrons. The smallest absolute Gasteiger partial charge is 0.191 e. The number of likely N-dealkylation sites (tertiary alicyclic amines) is 1. The van der Waals surface area contributed by atoms with Gasteiger partial charge in [0, 0.05) is 32.5 Å². The van der Waals surface area contributed by atoms with Gasteiger partial charge in [-0.05, 0) is 25.7 Å². The lowest BCUT2D eigenvalue weighted by molar-refractivity contribution is -0.130. The maximum atomic E-state index is 10.2. The molecule has 0 unspecified atom stereocenters. The summed E-state index contributed by atoms with van der Waals surface area (Å²) < 4.78 is 5.46. The molecule has 0 aromatic rings. The van der Waals surface area contributed by atoms with Crippen molar-refractivity contribution in [1.82, 2.24) is 4.90 Å². The lowest BCUT2D eigenvalue weighted by atomic mass is 9.77. The summed E-state index contributed by atoms with van der Waals surface area (Å²) in [6.45, 7) is 7.32. The van der Waals surface area contributed by atoms with Crippen molar-refractivity contribution in [3.8, 4) is 0 Å². The van der Waals surface area contributed by atoms with Gasteiger partial charge in [-0.25, -0.2) is 0 Å². The lowest BCUT2D eigenvalue weighted by Crippen LogP contribution is -2.51. The first-order valence-corrected chi connectivity index (χ1v) is 7.41. The van der Waals surface area contributed by atoms with E-state index >= 15 is 0 Å². The average Bonchev–Trinajstić information content (AvgIpc) is 2.35. The summed E-state index contributed by atoms with van der Waals surface area (Å²) in [4.78, 5) is 6.50. The van der Waals surface area contributed by atoms with E-state index in [0.717, 1.165) is 19.0 Å². The van der Waals surface area contributed by atoms with Crippen LogP contribution in [-0.2, 0) is 4.74 Å². The molecule has 110 valence electrons. The highest BCUT2D eigenvalue weighted by Crippen LogP contribution is 2.34. The van der Waals surface area contributed by atoms with Gasteiger partial charge in [0.05, 0.1) is 18.2 Å². The maximum absolute atomic E-state index is 10.2. The molecule has 19 heavy (non-hydrogen) atoms. The minimum Gasteiger partial charge on any atom is -0.388 e. The van der Waals surface area contributed by atoms with Gasteiger partial charge in [-0.2, -0.15) is 0 Å². The fourth-order valence-electron chi connectivity index (χ4n) is 2.84. The standard InChI is InChI=1S/C14H27N3O2/c1-3-19-12-8-14(18,9-12)10-16-13(15)17-6-4-11(2)5-7-17/h11-12,18H,3-10H2,1-2H3,(H2,15,16). The van der Waals surface area contributed by atoms with E-state index in [0.29, 0.717) is 32.0 Å². The molecule has 2 fully saturated rings. The normalized spacial score (nSPS) is 33.3. The van der Waals surface area contributed by atoms with Crippen molar-refractivity contribution in [3.05, 3.63) is 0 Å². The molecule has 0 amide bonds. The Morgan fingerprint density at radius 3 is 2.63 bits per heavy atom. The van der Waals surface area contributed by atoms with Crippen molar-refractivity contribution in [2.24, 2.45) is 16.6 Å². The number of piperidine rings is 1. The fraction of sp³-hybridized carbons (Fsp3) is 0.929. The molecule has 1 saturated heterocycles. The van der Waals surface area contributed by atoms with E-state index in [9.17, 15) is 5.11 Å². The maximum Gasteiger partial charge on any atom is 0.191 e. The first-order valence-electron chi connectivity index (χ1n) is 7.41. The number of nitrogens with zero attached hydrogens (tertiary/aromatic N) is 2. The highest BCUT2D eigenvalue weighted by atomic mass is 16.5. The second-order valence-corrected chi connectivity index (χ2v) is 6.05. The number of aliphatic imine (C=N–C) groups is 1. The SMILES string of the molecule is CCOC1CC(O)(CN=C(N)N2CCC(C)CC2)C1. The first kappa shape index (κ1) is 14.6. The van der Waals surface area contributed by atoms with E-state index in [4.69, 9.17) is 10.5 Å². The quantitative estimate of drug-likeness (QED) is 0.589. The summed E-state index contributed by atoms with van der Waals surface area (Å²) in [6.07, 6.45) is 3.89. The fourth-order valence-corrected chi connectivity index (χ4v) is 2.84. The number of aliphatic hydroxyl groups is 1. The van der Waals surface area contributed by atoms with Crippen LogP contribution in [0.2, 0.25) is 0 Å². The Morgan fingerprint density at radius 1 is 1.42 bits per heavy atom. The van der Waals surface area contributed by atoms with Crippen LogP contribution in [0.1, 0.15) is 39.5 Å². The largest absolute Gasteiger partial charge is 0.388 e. The van der Waals surface area contributed by atoms with E-state index in [1.54, 1.807) is 0 Å². The molecule has 5 heteroatoms. The molecule has 2 rings (SSSR count). The van der Waals surface area contributed by atoms with Gasteiger partial charge in [0.1, 0.15) is 0 Å². The molecular weight excluding hydrogens is 242 g/mol. The number of nitrogens with two attached hydrogens (primary N) is 1. The molecule has 2 aliphatic rings. The minimum atomic E-state index is -0.701. The zero-order chi connectivity index (χ0) is 13.9. The van der Waals surface area contributed by atoms with E-state index in [-0.39, 0.29) is 6.10 Å². The second-order valence-electron chi connectivity index (χ2n) is 6.05. The van der Waals surface area contributed by atoms with E-state index in [2.05, 4.69) is 16.8 Å². The Morgan fingerprint density at radius 2 is 2.05 bits per heavy atom.